The van der Waals surface area contributed by atoms with Crippen molar-refractivity contribution in [3.63, 3.8) is 0 Å². The maximum atomic E-state index is 11.7. The zero-order valence-corrected chi connectivity index (χ0v) is 11.8. The Kier molecular flexibility index (Phi) is 4.62. The zero-order valence-electron chi connectivity index (χ0n) is 9.97. The van der Waals surface area contributed by atoms with Crippen LogP contribution in [0.15, 0.2) is 29.2 Å². The van der Waals surface area contributed by atoms with Crippen LogP contribution in [0.4, 0.5) is 5.69 Å². The van der Waals surface area contributed by atoms with Crippen molar-refractivity contribution in [2.45, 2.75) is 18.7 Å². The molecule has 98 valence electrons. The highest BCUT2D eigenvalue weighted by Gasteiger charge is 2.14. The van der Waals surface area contributed by atoms with Crippen molar-refractivity contribution < 1.29 is 17.8 Å². The molecule has 1 unspecified atom stereocenters. The lowest BCUT2D eigenvalue weighted by atomic mass is 10.1. The van der Waals surface area contributed by atoms with Crippen molar-refractivity contribution in [3.05, 3.63) is 24.3 Å². The number of carbonyl (C=O) groups is 1. The van der Waals surface area contributed by atoms with Crippen LogP contribution in [0.1, 0.15) is 13.8 Å². The van der Waals surface area contributed by atoms with Crippen LogP contribution in [-0.4, -0.2) is 24.2 Å². The van der Waals surface area contributed by atoms with Crippen molar-refractivity contribution in [1.82, 2.24) is 0 Å². The molecule has 1 rings (SSSR count). The van der Waals surface area contributed by atoms with E-state index in [1.807, 2.05) is 0 Å². The highest BCUT2D eigenvalue weighted by Crippen LogP contribution is 2.15. The fraction of sp³-hybridized carbons (Fsp3) is 0.273. The summed E-state index contributed by atoms with van der Waals surface area (Å²) in [6, 6.07) is 5.27. The predicted molar refractivity (Wildman–Crippen MR) is 73.0 cm³/mol. The molecule has 0 spiro atoms. The molecular formula is C11H14NO4PS. The van der Waals surface area contributed by atoms with Gasteiger partial charge in [0.15, 0.2) is 0 Å². The van der Waals surface area contributed by atoms with E-state index in [1.165, 1.54) is 24.3 Å². The third kappa shape index (κ3) is 3.91. The quantitative estimate of drug-likeness (QED) is 0.654. The summed E-state index contributed by atoms with van der Waals surface area (Å²) >= 11 is 0. The minimum Gasteiger partial charge on any atom is -0.326 e. The van der Waals surface area contributed by atoms with Gasteiger partial charge in [-0.25, -0.2) is 0 Å². The molecular weight excluding hydrogens is 273 g/mol. The van der Waals surface area contributed by atoms with Crippen molar-refractivity contribution in [3.8, 4) is 0 Å². The summed E-state index contributed by atoms with van der Waals surface area (Å²) < 4.78 is 30.4. The van der Waals surface area contributed by atoms with Crippen molar-refractivity contribution >= 4 is 35.9 Å². The van der Waals surface area contributed by atoms with Crippen molar-refractivity contribution in [1.29, 1.82) is 0 Å². The molecule has 1 aromatic rings. The molecule has 0 saturated heterocycles. The van der Waals surface area contributed by atoms with E-state index >= 15 is 0 Å². The van der Waals surface area contributed by atoms with Gasteiger partial charge in [0.05, 0.1) is 10.8 Å². The summed E-state index contributed by atoms with van der Waals surface area (Å²) in [5, 5.41) is 3.43. The molecule has 18 heavy (non-hydrogen) atoms. The van der Waals surface area contributed by atoms with Gasteiger partial charge in [-0.2, -0.15) is 8.42 Å². The van der Waals surface area contributed by atoms with Crippen LogP contribution in [0.25, 0.3) is 0 Å². The third-order valence-corrected chi connectivity index (χ3v) is 3.76. The van der Waals surface area contributed by atoms with Crippen LogP contribution in [0.5, 0.6) is 0 Å². The summed E-state index contributed by atoms with van der Waals surface area (Å²) in [5.41, 5.74) is 0.465. The van der Waals surface area contributed by atoms with E-state index in [9.17, 15) is 13.2 Å². The van der Waals surface area contributed by atoms with E-state index in [2.05, 4.69) is 14.2 Å². The van der Waals surface area contributed by atoms with Gasteiger partial charge in [-0.3, -0.25) is 9.35 Å². The fourth-order valence-corrected chi connectivity index (χ4v) is 1.77. The molecule has 0 saturated carbocycles. The fourth-order valence-electron chi connectivity index (χ4n) is 1.16. The van der Waals surface area contributed by atoms with Crippen LogP contribution in [0.3, 0.4) is 0 Å². The van der Waals surface area contributed by atoms with Crippen LogP contribution >= 0.6 is 8.86 Å². The molecule has 1 aromatic carbocycles. The number of anilines is 1. The molecule has 0 aliphatic rings. The highest BCUT2D eigenvalue weighted by atomic mass is 32.2. The Morgan fingerprint density at radius 2 is 1.83 bits per heavy atom. The molecule has 7 heteroatoms. The van der Waals surface area contributed by atoms with Gasteiger partial charge >= 0.3 is 0 Å². The summed E-state index contributed by atoms with van der Waals surface area (Å²) in [6.45, 7) is 3.52. The average Bonchev–Trinajstić information content (AvgIpc) is 2.27. The monoisotopic (exact) mass is 287 g/mol. The molecule has 1 atom stereocenters. The first-order valence-corrected chi connectivity index (χ1v) is 7.09. The summed E-state index contributed by atoms with van der Waals surface area (Å²) in [4.78, 5) is 11.5. The Bertz CT molecular complexity index is 565. The molecule has 0 aromatic heterocycles. The summed E-state index contributed by atoms with van der Waals surface area (Å²) in [7, 11) is -0.917. The van der Waals surface area contributed by atoms with Crippen LogP contribution in [0, 0.1) is 5.92 Å². The molecule has 0 aliphatic carbocycles. The second kappa shape index (κ2) is 5.61. The molecule has 0 fully saturated rings. The Morgan fingerprint density at radius 1 is 1.33 bits per heavy atom. The van der Waals surface area contributed by atoms with Crippen LogP contribution in [-0.2, 0) is 14.9 Å². The van der Waals surface area contributed by atoms with Gasteiger partial charge in [-0.1, -0.05) is 0 Å². The molecule has 0 heterocycles. The number of nitrogens with one attached hydrogen (secondary N) is 1. The Hall–Kier alpha value is -1.23. The zero-order chi connectivity index (χ0) is 13.9. The number of benzene rings is 1. The van der Waals surface area contributed by atoms with E-state index in [0.717, 1.165) is 5.29 Å². The SMILES string of the molecule is CC(=P)C(C)C(=O)Nc1ccc(S(=O)(=O)O)cc1. The number of amides is 1. The van der Waals surface area contributed by atoms with Crippen molar-refractivity contribution in [2.75, 3.05) is 5.32 Å². The van der Waals surface area contributed by atoms with Gasteiger partial charge in [0.25, 0.3) is 10.1 Å². The maximum absolute atomic E-state index is 11.7. The molecule has 0 aliphatic heterocycles. The lowest BCUT2D eigenvalue weighted by Crippen LogP contribution is -2.24. The first-order valence-electron chi connectivity index (χ1n) is 5.15. The molecule has 1 amide bonds. The van der Waals surface area contributed by atoms with E-state index in [4.69, 9.17) is 4.55 Å². The normalized spacial score (nSPS) is 12.8. The first kappa shape index (κ1) is 14.8. The second-order valence-corrected chi connectivity index (χ2v) is 6.10. The second-order valence-electron chi connectivity index (χ2n) is 3.89. The van der Waals surface area contributed by atoms with Gasteiger partial charge in [0.2, 0.25) is 5.91 Å². The topological polar surface area (TPSA) is 83.5 Å². The summed E-state index contributed by atoms with van der Waals surface area (Å²) in [5.74, 6) is -0.509. The highest BCUT2D eigenvalue weighted by molar-refractivity contribution is 7.85. The minimum absolute atomic E-state index is 0.206. The lowest BCUT2D eigenvalue weighted by molar-refractivity contribution is -0.117. The largest absolute Gasteiger partial charge is 0.326 e. The number of rotatable bonds is 4. The van der Waals surface area contributed by atoms with Gasteiger partial charge in [0.1, 0.15) is 0 Å². The summed E-state index contributed by atoms with van der Waals surface area (Å²) in [6.07, 6.45) is 0. The Balaban J connectivity index is 2.82. The third-order valence-electron chi connectivity index (χ3n) is 2.46. The first-order chi connectivity index (χ1) is 8.21. The van der Waals surface area contributed by atoms with E-state index in [1.54, 1.807) is 13.8 Å². The van der Waals surface area contributed by atoms with Gasteiger partial charge in [-0.15, -0.1) is 8.86 Å². The van der Waals surface area contributed by atoms with Gasteiger partial charge in [0, 0.05) is 5.69 Å². The van der Waals surface area contributed by atoms with Gasteiger partial charge in [-0.05, 0) is 43.4 Å². The molecule has 5 nitrogen and oxygen atoms in total. The smallest absolute Gasteiger partial charge is 0.294 e. The molecule has 0 bridgehead atoms. The number of hydrogen-bond acceptors (Lipinski definition) is 3. The average molecular weight is 287 g/mol. The van der Waals surface area contributed by atoms with Crippen LogP contribution < -0.4 is 5.32 Å². The molecule has 2 N–H and O–H groups in total. The number of carbonyl (C=O) groups excluding carboxylic acids is 1. The number of hydrogen-bond donors (Lipinski definition) is 2. The van der Waals surface area contributed by atoms with Crippen LogP contribution in [0.2, 0.25) is 0 Å². The standard InChI is InChI=1S/C11H14NO4PS/c1-7(8(2)17)11(13)12-9-3-5-10(6-4-9)18(14,15)16/h3-7,17H,1-2H3,(H,12,13)(H,14,15,16). The maximum Gasteiger partial charge on any atom is 0.294 e. The van der Waals surface area contributed by atoms with Gasteiger partial charge < -0.3 is 5.32 Å². The Morgan fingerprint density at radius 3 is 2.22 bits per heavy atom. The predicted octanol–water partition coefficient (Wildman–Crippen LogP) is 1.84. The van der Waals surface area contributed by atoms with E-state index in [0.29, 0.717) is 5.69 Å². The van der Waals surface area contributed by atoms with Crippen molar-refractivity contribution in [2.24, 2.45) is 5.92 Å². The minimum atomic E-state index is -4.20. The van der Waals surface area contributed by atoms with E-state index < -0.39 is 10.1 Å². The van der Waals surface area contributed by atoms with E-state index in [-0.39, 0.29) is 16.7 Å². The molecule has 0 radical (unpaired) electrons. The lowest BCUT2D eigenvalue weighted by Gasteiger charge is -2.11. The Labute approximate surface area is 108 Å².